The largest absolute Gasteiger partial charge is 0.434 e. The van der Waals surface area contributed by atoms with E-state index in [0.717, 1.165) is 0 Å². The van der Waals surface area contributed by atoms with Crippen LogP contribution in [0.5, 0.6) is 11.6 Å². The lowest BCUT2D eigenvalue weighted by Gasteiger charge is -2.08. The molecule has 0 bridgehead atoms. The number of anilines is 1. The number of benzene rings is 1. The van der Waals surface area contributed by atoms with Gasteiger partial charge in [-0.25, -0.2) is 14.4 Å². The van der Waals surface area contributed by atoms with Crippen LogP contribution in [-0.4, -0.2) is 9.97 Å². The van der Waals surface area contributed by atoms with Gasteiger partial charge in [0.05, 0.1) is 6.20 Å². The fourth-order valence-electron chi connectivity index (χ4n) is 1.23. The molecular weight excluding hydrogens is 245 g/mol. The van der Waals surface area contributed by atoms with Crippen LogP contribution < -0.4 is 10.5 Å². The Morgan fingerprint density at radius 2 is 2.18 bits per heavy atom. The molecule has 0 amide bonds. The first-order valence-corrected chi connectivity index (χ1v) is 5.14. The maximum absolute atomic E-state index is 13.6. The van der Waals surface area contributed by atoms with Gasteiger partial charge in [-0.15, -0.1) is 0 Å². The molecular formula is C11H9ClFN3O. The van der Waals surface area contributed by atoms with Gasteiger partial charge in [0.2, 0.25) is 5.88 Å². The van der Waals surface area contributed by atoms with Crippen LogP contribution in [0.1, 0.15) is 5.56 Å². The highest BCUT2D eigenvalue weighted by atomic mass is 35.5. The molecule has 2 rings (SSSR count). The summed E-state index contributed by atoms with van der Waals surface area (Å²) in [6.45, 7) is 1.75. The Hall–Kier alpha value is -1.88. The van der Waals surface area contributed by atoms with E-state index in [1.54, 1.807) is 6.92 Å². The van der Waals surface area contributed by atoms with E-state index in [0.29, 0.717) is 11.3 Å². The van der Waals surface area contributed by atoms with Gasteiger partial charge < -0.3 is 10.5 Å². The van der Waals surface area contributed by atoms with Crippen LogP contribution in [0.3, 0.4) is 0 Å². The Labute approximate surface area is 102 Å². The lowest BCUT2D eigenvalue weighted by molar-refractivity contribution is 0.426. The number of rotatable bonds is 2. The van der Waals surface area contributed by atoms with Crippen molar-refractivity contribution >= 4 is 17.3 Å². The molecule has 2 aromatic rings. The number of nitrogens with two attached hydrogens (primary N) is 1. The quantitative estimate of drug-likeness (QED) is 0.836. The van der Waals surface area contributed by atoms with Crippen molar-refractivity contribution in [2.45, 2.75) is 6.92 Å². The van der Waals surface area contributed by atoms with Gasteiger partial charge in [0.1, 0.15) is 11.3 Å². The number of aromatic nitrogens is 2. The Bertz CT molecular complexity index is 562. The standard InChI is InChI=1S/C11H9ClFN3O/c1-6-2-10(8(13)3-9(6)14)17-11-7(12)4-15-5-16-11/h2-5H,14H2,1H3. The molecule has 0 spiro atoms. The normalized spacial score (nSPS) is 10.3. The van der Waals surface area contributed by atoms with E-state index in [4.69, 9.17) is 22.1 Å². The van der Waals surface area contributed by atoms with Crippen LogP contribution in [0.25, 0.3) is 0 Å². The van der Waals surface area contributed by atoms with Crippen molar-refractivity contribution in [3.8, 4) is 11.6 Å². The minimum Gasteiger partial charge on any atom is -0.434 e. The van der Waals surface area contributed by atoms with E-state index in [2.05, 4.69) is 9.97 Å². The summed E-state index contributed by atoms with van der Waals surface area (Å²) >= 11 is 5.80. The zero-order valence-electron chi connectivity index (χ0n) is 8.95. The molecule has 0 radical (unpaired) electrons. The van der Waals surface area contributed by atoms with Crippen molar-refractivity contribution in [1.82, 2.24) is 9.97 Å². The molecule has 4 nitrogen and oxygen atoms in total. The Morgan fingerprint density at radius 1 is 1.41 bits per heavy atom. The summed E-state index contributed by atoms with van der Waals surface area (Å²) < 4.78 is 18.8. The summed E-state index contributed by atoms with van der Waals surface area (Å²) in [4.78, 5) is 7.51. The van der Waals surface area contributed by atoms with Crippen LogP contribution in [0.2, 0.25) is 5.02 Å². The maximum atomic E-state index is 13.6. The van der Waals surface area contributed by atoms with Gasteiger partial charge >= 0.3 is 0 Å². The number of ether oxygens (including phenoxy) is 1. The van der Waals surface area contributed by atoms with Gasteiger partial charge in [0.15, 0.2) is 11.6 Å². The first kappa shape index (κ1) is 11.6. The topological polar surface area (TPSA) is 61.0 Å². The number of nitrogen functional groups attached to an aromatic ring is 1. The predicted octanol–water partition coefficient (Wildman–Crippen LogP) is 2.95. The SMILES string of the molecule is Cc1cc(Oc2ncncc2Cl)c(F)cc1N. The average molecular weight is 254 g/mol. The van der Waals surface area contributed by atoms with E-state index >= 15 is 0 Å². The predicted molar refractivity (Wildman–Crippen MR) is 62.7 cm³/mol. The average Bonchev–Trinajstić information content (AvgIpc) is 2.29. The molecule has 6 heteroatoms. The Morgan fingerprint density at radius 3 is 2.88 bits per heavy atom. The molecule has 1 aromatic carbocycles. The summed E-state index contributed by atoms with van der Waals surface area (Å²) in [6, 6.07) is 2.68. The Kier molecular flexibility index (Phi) is 3.10. The first-order valence-electron chi connectivity index (χ1n) is 4.77. The summed E-state index contributed by atoms with van der Waals surface area (Å²) in [6.07, 6.45) is 2.63. The van der Waals surface area contributed by atoms with E-state index in [9.17, 15) is 4.39 Å². The maximum Gasteiger partial charge on any atom is 0.241 e. The zero-order valence-corrected chi connectivity index (χ0v) is 9.70. The van der Waals surface area contributed by atoms with Crippen molar-refractivity contribution in [3.05, 3.63) is 41.1 Å². The first-order chi connectivity index (χ1) is 8.08. The van der Waals surface area contributed by atoms with Crippen LogP contribution >= 0.6 is 11.6 Å². The molecule has 2 N–H and O–H groups in total. The zero-order chi connectivity index (χ0) is 12.4. The van der Waals surface area contributed by atoms with Crippen LogP contribution in [0.15, 0.2) is 24.7 Å². The molecule has 0 saturated carbocycles. The number of halogens is 2. The lowest BCUT2D eigenvalue weighted by atomic mass is 10.2. The molecule has 0 aliphatic heterocycles. The third-order valence-corrected chi connectivity index (χ3v) is 2.42. The summed E-state index contributed by atoms with van der Waals surface area (Å²) in [5, 5.41) is 0.210. The Balaban J connectivity index is 2.37. The monoisotopic (exact) mass is 253 g/mol. The molecule has 1 heterocycles. The molecule has 0 atom stereocenters. The molecule has 1 aromatic heterocycles. The van der Waals surface area contributed by atoms with Gasteiger partial charge in [-0.3, -0.25) is 0 Å². The van der Waals surface area contributed by atoms with Gasteiger partial charge in [-0.05, 0) is 18.6 Å². The second-order valence-electron chi connectivity index (χ2n) is 3.42. The summed E-state index contributed by atoms with van der Waals surface area (Å²) in [5.41, 5.74) is 6.64. The molecule has 0 aliphatic carbocycles. The molecule has 17 heavy (non-hydrogen) atoms. The number of hydrogen-bond donors (Lipinski definition) is 1. The molecule has 88 valence electrons. The number of aryl methyl sites for hydroxylation is 1. The third kappa shape index (κ3) is 2.45. The fraction of sp³-hybridized carbons (Fsp3) is 0.0909. The molecule has 0 unspecified atom stereocenters. The van der Waals surface area contributed by atoms with Crippen molar-refractivity contribution < 1.29 is 9.13 Å². The van der Waals surface area contributed by atoms with Crippen LogP contribution in [-0.2, 0) is 0 Å². The number of nitrogens with zero attached hydrogens (tertiary/aromatic N) is 2. The van der Waals surface area contributed by atoms with Crippen molar-refractivity contribution in [2.24, 2.45) is 0 Å². The molecule has 0 aliphatic rings. The fourth-order valence-corrected chi connectivity index (χ4v) is 1.37. The second-order valence-corrected chi connectivity index (χ2v) is 3.82. The van der Waals surface area contributed by atoms with E-state index in [1.807, 2.05) is 0 Å². The minimum atomic E-state index is -0.567. The summed E-state index contributed by atoms with van der Waals surface area (Å²) in [7, 11) is 0. The van der Waals surface area contributed by atoms with Crippen molar-refractivity contribution in [1.29, 1.82) is 0 Å². The van der Waals surface area contributed by atoms with E-state index < -0.39 is 5.82 Å². The van der Waals surface area contributed by atoms with Crippen LogP contribution in [0.4, 0.5) is 10.1 Å². The third-order valence-electron chi connectivity index (χ3n) is 2.16. The summed E-state index contributed by atoms with van der Waals surface area (Å²) in [5.74, 6) is -0.440. The van der Waals surface area contributed by atoms with E-state index in [-0.39, 0.29) is 16.7 Å². The second kappa shape index (κ2) is 4.55. The highest BCUT2D eigenvalue weighted by molar-refractivity contribution is 6.31. The highest BCUT2D eigenvalue weighted by Gasteiger charge is 2.10. The highest BCUT2D eigenvalue weighted by Crippen LogP contribution is 2.30. The van der Waals surface area contributed by atoms with Crippen LogP contribution in [0, 0.1) is 12.7 Å². The van der Waals surface area contributed by atoms with Gasteiger partial charge in [0.25, 0.3) is 0 Å². The van der Waals surface area contributed by atoms with Gasteiger partial charge in [-0.1, -0.05) is 11.6 Å². The van der Waals surface area contributed by atoms with Gasteiger partial charge in [0, 0.05) is 11.8 Å². The van der Waals surface area contributed by atoms with Gasteiger partial charge in [-0.2, -0.15) is 0 Å². The van der Waals surface area contributed by atoms with Crippen molar-refractivity contribution in [2.75, 3.05) is 5.73 Å². The van der Waals surface area contributed by atoms with Crippen molar-refractivity contribution in [3.63, 3.8) is 0 Å². The lowest BCUT2D eigenvalue weighted by Crippen LogP contribution is -1.96. The van der Waals surface area contributed by atoms with E-state index in [1.165, 1.54) is 24.7 Å². The molecule has 0 fully saturated rings. The number of hydrogen-bond acceptors (Lipinski definition) is 4. The molecule has 0 saturated heterocycles. The minimum absolute atomic E-state index is 0.0253. The smallest absolute Gasteiger partial charge is 0.241 e.